The van der Waals surface area contributed by atoms with E-state index >= 15 is 0 Å². The van der Waals surface area contributed by atoms with E-state index in [4.69, 9.17) is 10.7 Å². The monoisotopic (exact) mass is 572 g/mol. The number of hydrogen-bond donors (Lipinski definition) is 2. The van der Waals surface area contributed by atoms with Crippen LogP contribution in [0.25, 0.3) is 16.7 Å². The number of nitrogens with two attached hydrogens (primary N) is 1. The van der Waals surface area contributed by atoms with E-state index in [1.165, 1.54) is 12.3 Å². The minimum absolute atomic E-state index is 0.0640. The number of alkyl halides is 3. The van der Waals surface area contributed by atoms with Crippen molar-refractivity contribution in [3.8, 4) is 5.69 Å². The Bertz CT molecular complexity index is 1670. The first-order valence-electron chi connectivity index (χ1n) is 13.5. The first kappa shape index (κ1) is 28.7. The van der Waals surface area contributed by atoms with Crippen molar-refractivity contribution in [3.05, 3.63) is 125 Å². The lowest BCUT2D eigenvalue weighted by molar-refractivity contribution is -0.136. The van der Waals surface area contributed by atoms with Crippen LogP contribution in [-0.4, -0.2) is 47.2 Å². The van der Waals surface area contributed by atoms with Crippen LogP contribution >= 0.6 is 0 Å². The van der Waals surface area contributed by atoms with Crippen LogP contribution in [0.3, 0.4) is 0 Å². The number of pyridine rings is 2. The summed E-state index contributed by atoms with van der Waals surface area (Å²) >= 11 is 0. The fraction of sp³-hybridized carbons (Fsp3) is 0.188. The van der Waals surface area contributed by atoms with Gasteiger partial charge in [0.05, 0.1) is 10.9 Å². The lowest BCUT2D eigenvalue weighted by atomic mass is 10.1. The number of rotatable bonds is 8. The van der Waals surface area contributed by atoms with Crippen LogP contribution < -0.4 is 21.4 Å². The van der Waals surface area contributed by atoms with Crippen molar-refractivity contribution >= 4 is 28.4 Å². The van der Waals surface area contributed by atoms with E-state index in [1.807, 2.05) is 53.5 Å². The normalized spacial score (nSPS) is 14.7. The second-order valence-electron chi connectivity index (χ2n) is 9.95. The standard InChI is InChI=1S/C32H31F3N6O/c1-23(10-8-9-15-36)22-39-16-18-40(19-17-39)28-20-26(32(33,34)35)30-27(42)21-29(37-24-11-4-2-5-12-24)41(31(30)38-28)25-13-6-3-7-14-25/h2-15,20-21,37H,1,16-19,22,36H2/b10-8-,15-9-. The summed E-state index contributed by atoms with van der Waals surface area (Å²) in [6.07, 6.45) is 2.07. The summed E-state index contributed by atoms with van der Waals surface area (Å²) in [5.41, 5.74) is 5.68. The van der Waals surface area contributed by atoms with Crippen LogP contribution in [0.4, 0.5) is 30.5 Å². The maximum absolute atomic E-state index is 14.5. The molecule has 2 aromatic carbocycles. The topological polar surface area (TPSA) is 79.4 Å². The van der Waals surface area contributed by atoms with Crippen molar-refractivity contribution in [1.82, 2.24) is 14.5 Å². The molecule has 3 heterocycles. The molecule has 1 aliphatic heterocycles. The molecule has 0 bridgehead atoms. The van der Waals surface area contributed by atoms with Crippen LogP contribution in [0.2, 0.25) is 0 Å². The lowest BCUT2D eigenvalue weighted by Gasteiger charge is -2.36. The number of fused-ring (bicyclic) bond motifs is 1. The van der Waals surface area contributed by atoms with Gasteiger partial charge >= 0.3 is 6.18 Å². The summed E-state index contributed by atoms with van der Waals surface area (Å²) in [6, 6.07) is 20.3. The molecule has 2 aromatic heterocycles. The summed E-state index contributed by atoms with van der Waals surface area (Å²) in [4.78, 5) is 22.1. The zero-order valence-electron chi connectivity index (χ0n) is 22.9. The second kappa shape index (κ2) is 12.4. The molecule has 0 spiro atoms. The lowest BCUT2D eigenvalue weighted by Crippen LogP contribution is -2.47. The van der Waals surface area contributed by atoms with Gasteiger partial charge in [0.25, 0.3) is 0 Å². The Morgan fingerprint density at radius 2 is 1.64 bits per heavy atom. The number of allylic oxidation sites excluding steroid dienone is 2. The van der Waals surface area contributed by atoms with Crippen molar-refractivity contribution < 1.29 is 13.2 Å². The number of hydrogen-bond acceptors (Lipinski definition) is 6. The molecule has 4 aromatic rings. The Hall–Kier alpha value is -4.83. The van der Waals surface area contributed by atoms with E-state index < -0.39 is 22.6 Å². The molecule has 0 aliphatic carbocycles. The average molecular weight is 573 g/mol. The van der Waals surface area contributed by atoms with Gasteiger partial charge in [0.2, 0.25) is 0 Å². The number of halogens is 3. The van der Waals surface area contributed by atoms with Gasteiger partial charge in [-0.15, -0.1) is 0 Å². The Labute approximate surface area is 241 Å². The summed E-state index contributed by atoms with van der Waals surface area (Å²) in [5.74, 6) is 0.478. The highest BCUT2D eigenvalue weighted by Crippen LogP contribution is 2.37. The first-order chi connectivity index (χ1) is 20.2. The Kier molecular flexibility index (Phi) is 8.44. The molecule has 1 fully saturated rings. The number of nitrogens with one attached hydrogen (secondary N) is 1. The summed E-state index contributed by atoms with van der Waals surface area (Å²) < 4.78 is 45.1. The Morgan fingerprint density at radius 3 is 2.29 bits per heavy atom. The molecule has 5 rings (SSSR count). The third-order valence-corrected chi connectivity index (χ3v) is 7.00. The van der Waals surface area contributed by atoms with Crippen LogP contribution in [0.5, 0.6) is 0 Å². The van der Waals surface area contributed by atoms with Gasteiger partial charge in [-0.25, -0.2) is 4.98 Å². The Morgan fingerprint density at radius 1 is 0.976 bits per heavy atom. The number of nitrogens with zero attached hydrogens (tertiary/aromatic N) is 4. The largest absolute Gasteiger partial charge is 0.417 e. The van der Waals surface area contributed by atoms with E-state index in [-0.39, 0.29) is 11.5 Å². The van der Waals surface area contributed by atoms with Crippen molar-refractivity contribution in [1.29, 1.82) is 0 Å². The van der Waals surface area contributed by atoms with E-state index in [9.17, 15) is 18.0 Å². The molecule has 1 saturated heterocycles. The smallest absolute Gasteiger partial charge is 0.405 e. The van der Waals surface area contributed by atoms with Gasteiger partial charge in [0.15, 0.2) is 11.1 Å². The van der Waals surface area contributed by atoms with Gasteiger partial charge in [-0.2, -0.15) is 13.2 Å². The molecule has 7 nitrogen and oxygen atoms in total. The number of benzene rings is 2. The molecule has 10 heteroatoms. The predicted octanol–water partition coefficient (Wildman–Crippen LogP) is 5.85. The van der Waals surface area contributed by atoms with Crippen molar-refractivity contribution in [2.75, 3.05) is 42.9 Å². The molecule has 0 unspecified atom stereocenters. The average Bonchev–Trinajstić information content (AvgIpc) is 2.98. The Balaban J connectivity index is 1.58. The van der Waals surface area contributed by atoms with Gasteiger partial charge in [0.1, 0.15) is 11.6 Å². The number of para-hydroxylation sites is 2. The molecule has 216 valence electrons. The zero-order valence-corrected chi connectivity index (χ0v) is 22.9. The van der Waals surface area contributed by atoms with Crippen molar-refractivity contribution in [3.63, 3.8) is 0 Å². The fourth-order valence-corrected chi connectivity index (χ4v) is 5.01. The molecule has 0 amide bonds. The van der Waals surface area contributed by atoms with E-state index in [0.29, 0.717) is 49.9 Å². The number of aromatic nitrogens is 2. The molecular formula is C32H31F3N6O. The minimum Gasteiger partial charge on any atom is -0.405 e. The third-order valence-electron chi connectivity index (χ3n) is 7.00. The predicted molar refractivity (Wildman–Crippen MR) is 162 cm³/mol. The number of piperazine rings is 1. The van der Waals surface area contributed by atoms with Crippen molar-refractivity contribution in [2.45, 2.75) is 6.18 Å². The van der Waals surface area contributed by atoms with Gasteiger partial charge in [-0.05, 0) is 48.2 Å². The molecule has 0 saturated carbocycles. The van der Waals surface area contributed by atoms with Crippen LogP contribution in [0, 0.1) is 0 Å². The number of anilines is 3. The highest BCUT2D eigenvalue weighted by molar-refractivity contribution is 5.86. The maximum Gasteiger partial charge on any atom is 0.417 e. The van der Waals surface area contributed by atoms with Crippen LogP contribution in [0.15, 0.2) is 114 Å². The SMILES string of the molecule is C=C(/C=C\C=C/N)CN1CCN(c2cc(C(F)(F)F)c3c(=O)cc(Nc4ccccc4)n(-c4ccccc4)c3n2)CC1. The van der Waals surface area contributed by atoms with Gasteiger partial charge in [-0.1, -0.05) is 55.1 Å². The van der Waals surface area contributed by atoms with Crippen LogP contribution in [0.1, 0.15) is 5.56 Å². The third kappa shape index (κ3) is 6.39. The molecule has 3 N–H and O–H groups in total. The molecule has 0 radical (unpaired) electrons. The summed E-state index contributed by atoms with van der Waals surface area (Å²) in [7, 11) is 0. The van der Waals surface area contributed by atoms with Gasteiger partial charge < -0.3 is 16.0 Å². The van der Waals surface area contributed by atoms with E-state index in [1.54, 1.807) is 34.9 Å². The fourth-order valence-electron chi connectivity index (χ4n) is 5.01. The zero-order chi connectivity index (χ0) is 29.7. The summed E-state index contributed by atoms with van der Waals surface area (Å²) in [5, 5.41) is 2.73. The van der Waals surface area contributed by atoms with E-state index in [0.717, 1.165) is 11.6 Å². The minimum atomic E-state index is -4.76. The first-order valence-corrected chi connectivity index (χ1v) is 13.5. The molecule has 0 atom stereocenters. The highest BCUT2D eigenvalue weighted by atomic mass is 19.4. The van der Waals surface area contributed by atoms with Crippen LogP contribution in [-0.2, 0) is 6.18 Å². The molecule has 42 heavy (non-hydrogen) atoms. The quantitative estimate of drug-likeness (QED) is 0.258. The molecule has 1 aliphatic rings. The van der Waals surface area contributed by atoms with Crippen molar-refractivity contribution in [2.24, 2.45) is 5.73 Å². The van der Waals surface area contributed by atoms with Gasteiger partial charge in [0, 0.05) is 50.2 Å². The summed E-state index contributed by atoms with van der Waals surface area (Å²) in [6.45, 7) is 6.85. The highest BCUT2D eigenvalue weighted by Gasteiger charge is 2.36. The van der Waals surface area contributed by atoms with E-state index in [2.05, 4.69) is 16.8 Å². The van der Waals surface area contributed by atoms with Gasteiger partial charge in [-0.3, -0.25) is 14.3 Å². The maximum atomic E-state index is 14.5. The second-order valence-corrected chi connectivity index (χ2v) is 9.95. The molecular weight excluding hydrogens is 541 g/mol.